The van der Waals surface area contributed by atoms with E-state index in [9.17, 15) is 0 Å². The molecule has 27 heavy (non-hydrogen) atoms. The second kappa shape index (κ2) is 6.61. The van der Waals surface area contributed by atoms with Gasteiger partial charge in [0.05, 0.1) is 5.69 Å². The summed E-state index contributed by atoms with van der Waals surface area (Å²) >= 11 is 1.92. The lowest BCUT2D eigenvalue weighted by Gasteiger charge is -2.16. The Hall–Kier alpha value is -2.45. The Balaban J connectivity index is 1.89. The molecule has 0 radical (unpaired) electrons. The highest BCUT2D eigenvalue weighted by molar-refractivity contribution is 7.19. The zero-order valence-electron chi connectivity index (χ0n) is 15.9. The molecule has 1 aliphatic rings. The van der Waals surface area contributed by atoms with Crippen LogP contribution in [0.4, 0.5) is 0 Å². The van der Waals surface area contributed by atoms with Gasteiger partial charge in [0.1, 0.15) is 4.83 Å². The van der Waals surface area contributed by atoms with Gasteiger partial charge in [-0.05, 0) is 61.8 Å². The second-order valence-electron chi connectivity index (χ2n) is 7.59. The summed E-state index contributed by atoms with van der Waals surface area (Å²) in [4.78, 5) is 7.95. The molecule has 2 heteroatoms. The van der Waals surface area contributed by atoms with E-state index >= 15 is 0 Å². The van der Waals surface area contributed by atoms with Gasteiger partial charge in [0, 0.05) is 15.8 Å². The van der Waals surface area contributed by atoms with E-state index in [2.05, 4.69) is 68.4 Å². The van der Waals surface area contributed by atoms with E-state index in [1.165, 1.54) is 63.7 Å². The fourth-order valence-electron chi connectivity index (χ4n) is 4.42. The van der Waals surface area contributed by atoms with Crippen molar-refractivity contribution in [3.63, 3.8) is 0 Å². The number of hydrogen-bond donors (Lipinski definition) is 0. The first-order chi connectivity index (χ1) is 13.2. The Morgan fingerprint density at radius 3 is 2.44 bits per heavy atom. The van der Waals surface area contributed by atoms with E-state index in [1.807, 2.05) is 11.3 Å². The third kappa shape index (κ3) is 2.80. The summed E-state index contributed by atoms with van der Waals surface area (Å²) in [6.45, 7) is 4.43. The molecule has 0 spiro atoms. The second-order valence-corrected chi connectivity index (χ2v) is 8.67. The maximum absolute atomic E-state index is 5.18. The molecule has 1 nitrogen and oxygen atoms in total. The number of benzene rings is 2. The molecular formula is C25H23NS. The maximum atomic E-state index is 5.18. The molecule has 0 unspecified atom stereocenters. The van der Waals surface area contributed by atoms with Gasteiger partial charge in [-0.3, -0.25) is 0 Å². The molecule has 2 heterocycles. The van der Waals surface area contributed by atoms with Crippen LogP contribution in [0.25, 0.3) is 32.6 Å². The minimum atomic E-state index is 1.12. The predicted octanol–water partition coefficient (Wildman–Crippen LogP) is 7.13. The number of pyridine rings is 1. The van der Waals surface area contributed by atoms with Crippen molar-refractivity contribution in [3.8, 4) is 22.4 Å². The predicted molar refractivity (Wildman–Crippen MR) is 117 cm³/mol. The highest BCUT2D eigenvalue weighted by Crippen LogP contribution is 2.44. The summed E-state index contributed by atoms with van der Waals surface area (Å²) < 4.78 is 0. The van der Waals surface area contributed by atoms with Crippen LogP contribution in [0.5, 0.6) is 0 Å². The Kier molecular flexibility index (Phi) is 4.09. The van der Waals surface area contributed by atoms with Crippen molar-refractivity contribution in [2.75, 3.05) is 0 Å². The van der Waals surface area contributed by atoms with Crippen LogP contribution in [-0.2, 0) is 12.8 Å². The summed E-state index contributed by atoms with van der Waals surface area (Å²) in [6, 6.07) is 19.6. The van der Waals surface area contributed by atoms with Gasteiger partial charge in [0.25, 0.3) is 0 Å². The van der Waals surface area contributed by atoms with E-state index in [4.69, 9.17) is 4.98 Å². The lowest BCUT2D eigenvalue weighted by atomic mass is 9.89. The van der Waals surface area contributed by atoms with Crippen LogP contribution in [0, 0.1) is 13.8 Å². The van der Waals surface area contributed by atoms with Crippen molar-refractivity contribution < 1.29 is 0 Å². The molecule has 0 saturated heterocycles. The Morgan fingerprint density at radius 2 is 1.63 bits per heavy atom. The van der Waals surface area contributed by atoms with Crippen molar-refractivity contribution in [2.24, 2.45) is 0 Å². The molecule has 2 aromatic heterocycles. The number of aryl methyl sites for hydroxylation is 3. The van der Waals surface area contributed by atoms with Crippen LogP contribution < -0.4 is 0 Å². The molecule has 134 valence electrons. The standard InChI is InChI=1S/C25H23NS/c1-16-9-8-12-19(15-16)22-17(2)24(18-10-4-3-5-11-18)26-25-23(22)20-13-6-7-14-21(20)27-25/h3-5,8-12,15H,6-7,13-14H2,1-2H3. The largest absolute Gasteiger partial charge is 0.237 e. The van der Waals surface area contributed by atoms with Crippen molar-refractivity contribution in [3.05, 3.63) is 76.2 Å². The Morgan fingerprint density at radius 1 is 0.852 bits per heavy atom. The zero-order valence-corrected chi connectivity index (χ0v) is 16.7. The lowest BCUT2D eigenvalue weighted by Crippen LogP contribution is -2.00. The normalized spacial score (nSPS) is 13.7. The molecule has 0 bridgehead atoms. The van der Waals surface area contributed by atoms with Gasteiger partial charge in [-0.15, -0.1) is 11.3 Å². The van der Waals surface area contributed by atoms with Gasteiger partial charge < -0.3 is 0 Å². The first-order valence-electron chi connectivity index (χ1n) is 9.79. The van der Waals surface area contributed by atoms with Crippen molar-refractivity contribution >= 4 is 21.6 Å². The number of hydrogen-bond acceptors (Lipinski definition) is 2. The Bertz CT molecular complexity index is 1140. The van der Waals surface area contributed by atoms with E-state index in [-0.39, 0.29) is 0 Å². The number of aromatic nitrogens is 1. The molecule has 0 aliphatic heterocycles. The van der Waals surface area contributed by atoms with Crippen LogP contribution in [0.15, 0.2) is 54.6 Å². The van der Waals surface area contributed by atoms with Gasteiger partial charge in [0.15, 0.2) is 0 Å². The van der Waals surface area contributed by atoms with E-state index in [1.54, 1.807) is 10.4 Å². The maximum Gasteiger partial charge on any atom is 0.125 e. The van der Waals surface area contributed by atoms with Crippen LogP contribution >= 0.6 is 11.3 Å². The summed E-state index contributed by atoms with van der Waals surface area (Å²) in [6.07, 6.45) is 5.01. The number of rotatable bonds is 2. The molecule has 2 aromatic carbocycles. The summed E-state index contributed by atoms with van der Waals surface area (Å²) in [5.41, 5.74) is 9.21. The molecule has 0 amide bonds. The van der Waals surface area contributed by atoms with Crippen LogP contribution in [-0.4, -0.2) is 4.98 Å². The topological polar surface area (TPSA) is 12.9 Å². The first-order valence-corrected chi connectivity index (χ1v) is 10.6. The molecular weight excluding hydrogens is 346 g/mol. The molecule has 0 atom stereocenters. The van der Waals surface area contributed by atoms with Gasteiger partial charge in [0.2, 0.25) is 0 Å². The Labute approximate surface area is 164 Å². The monoisotopic (exact) mass is 369 g/mol. The zero-order chi connectivity index (χ0) is 18.4. The minimum absolute atomic E-state index is 1.12. The number of thiophene rings is 1. The molecule has 0 N–H and O–H groups in total. The average molecular weight is 370 g/mol. The summed E-state index contributed by atoms with van der Waals surface area (Å²) in [5.74, 6) is 0. The van der Waals surface area contributed by atoms with Gasteiger partial charge >= 0.3 is 0 Å². The van der Waals surface area contributed by atoms with E-state index in [0.29, 0.717) is 0 Å². The first kappa shape index (κ1) is 16.7. The number of fused-ring (bicyclic) bond motifs is 3. The fourth-order valence-corrected chi connectivity index (χ4v) is 5.69. The smallest absolute Gasteiger partial charge is 0.125 e. The quantitative estimate of drug-likeness (QED) is 0.366. The lowest BCUT2D eigenvalue weighted by molar-refractivity contribution is 0.700. The van der Waals surface area contributed by atoms with Crippen LogP contribution in [0.1, 0.15) is 34.4 Å². The average Bonchev–Trinajstić information content (AvgIpc) is 3.06. The number of nitrogens with zero attached hydrogens (tertiary/aromatic N) is 1. The summed E-state index contributed by atoms with van der Waals surface area (Å²) in [5, 5.41) is 1.41. The SMILES string of the molecule is Cc1cccc(-c2c(C)c(-c3ccccc3)nc3sc4c(c23)CCCC4)c1. The van der Waals surface area contributed by atoms with Crippen molar-refractivity contribution in [1.82, 2.24) is 4.98 Å². The highest BCUT2D eigenvalue weighted by atomic mass is 32.1. The van der Waals surface area contributed by atoms with Crippen molar-refractivity contribution in [2.45, 2.75) is 39.5 Å². The molecule has 5 rings (SSSR count). The van der Waals surface area contributed by atoms with E-state index < -0.39 is 0 Å². The molecule has 1 aliphatic carbocycles. The van der Waals surface area contributed by atoms with Crippen molar-refractivity contribution in [1.29, 1.82) is 0 Å². The molecule has 0 saturated carbocycles. The van der Waals surface area contributed by atoms with Crippen LogP contribution in [0.2, 0.25) is 0 Å². The third-order valence-electron chi connectivity index (χ3n) is 5.70. The van der Waals surface area contributed by atoms with Gasteiger partial charge in [-0.25, -0.2) is 4.98 Å². The van der Waals surface area contributed by atoms with Gasteiger partial charge in [-0.1, -0.05) is 60.2 Å². The van der Waals surface area contributed by atoms with E-state index in [0.717, 1.165) is 5.69 Å². The highest BCUT2D eigenvalue weighted by Gasteiger charge is 2.23. The molecule has 4 aromatic rings. The summed E-state index contributed by atoms with van der Waals surface area (Å²) in [7, 11) is 0. The fraction of sp³-hybridized carbons (Fsp3) is 0.240. The molecule has 0 fully saturated rings. The van der Waals surface area contributed by atoms with Crippen LogP contribution in [0.3, 0.4) is 0 Å². The van der Waals surface area contributed by atoms with Gasteiger partial charge in [-0.2, -0.15) is 0 Å². The third-order valence-corrected chi connectivity index (χ3v) is 6.89. The minimum Gasteiger partial charge on any atom is -0.237 e.